The Bertz CT molecular complexity index is 363. The predicted octanol–water partition coefficient (Wildman–Crippen LogP) is 2.60. The second-order valence-electron chi connectivity index (χ2n) is 6.08. The van der Waals surface area contributed by atoms with Gasteiger partial charge in [0.2, 0.25) is 0 Å². The summed E-state index contributed by atoms with van der Waals surface area (Å²) in [5.41, 5.74) is 0. The van der Waals surface area contributed by atoms with Crippen LogP contribution in [0, 0.1) is 11.8 Å². The van der Waals surface area contributed by atoms with Crippen LogP contribution in [0.2, 0.25) is 0 Å². The number of amides is 2. The molecule has 0 fully saturated rings. The van der Waals surface area contributed by atoms with Gasteiger partial charge in [-0.2, -0.15) is 0 Å². The van der Waals surface area contributed by atoms with E-state index in [0.717, 1.165) is 26.1 Å². The average Bonchev–Trinajstić information content (AvgIpc) is 2.85. The lowest BCUT2D eigenvalue weighted by Crippen LogP contribution is -2.44. The molecule has 0 spiro atoms. The molecule has 0 bridgehead atoms. The number of aryl methyl sites for hydroxylation is 1. The van der Waals surface area contributed by atoms with Crippen molar-refractivity contribution in [3.05, 3.63) is 18.7 Å². The quantitative estimate of drug-likeness (QED) is 0.744. The minimum absolute atomic E-state index is 0.0537. The van der Waals surface area contributed by atoms with Crippen molar-refractivity contribution in [1.29, 1.82) is 0 Å². The van der Waals surface area contributed by atoms with Crippen molar-refractivity contribution in [1.82, 2.24) is 19.8 Å². The summed E-state index contributed by atoms with van der Waals surface area (Å²) < 4.78 is 2.02. The number of carbonyl (C=O) groups excluding carboxylic acids is 1. The first-order chi connectivity index (χ1) is 9.49. The molecular weight excluding hydrogens is 252 g/mol. The molecule has 5 heteroatoms. The number of carbonyl (C=O) groups is 1. The molecule has 2 amide bonds. The lowest BCUT2D eigenvalue weighted by atomic mass is 10.1. The molecule has 1 N–H and O–H groups in total. The van der Waals surface area contributed by atoms with Crippen LogP contribution in [0.15, 0.2) is 18.7 Å². The fourth-order valence-corrected chi connectivity index (χ4v) is 2.11. The van der Waals surface area contributed by atoms with Crippen molar-refractivity contribution >= 4 is 6.03 Å². The van der Waals surface area contributed by atoms with Crippen molar-refractivity contribution in [2.45, 2.75) is 40.7 Å². The van der Waals surface area contributed by atoms with Gasteiger partial charge in [0.15, 0.2) is 0 Å². The number of nitrogens with one attached hydrogen (secondary N) is 1. The van der Waals surface area contributed by atoms with Crippen LogP contribution in [0.3, 0.4) is 0 Å². The minimum atomic E-state index is 0.0537. The van der Waals surface area contributed by atoms with Crippen LogP contribution in [0.25, 0.3) is 0 Å². The summed E-state index contributed by atoms with van der Waals surface area (Å²) in [5, 5.41) is 3.01. The monoisotopic (exact) mass is 280 g/mol. The third-order valence-electron chi connectivity index (χ3n) is 2.89. The second kappa shape index (κ2) is 8.61. The van der Waals surface area contributed by atoms with E-state index < -0.39 is 0 Å². The Morgan fingerprint density at radius 3 is 2.40 bits per heavy atom. The van der Waals surface area contributed by atoms with E-state index in [4.69, 9.17) is 0 Å². The molecule has 0 aliphatic carbocycles. The first kappa shape index (κ1) is 16.5. The molecule has 0 atom stereocenters. The third-order valence-corrected chi connectivity index (χ3v) is 2.89. The largest absolute Gasteiger partial charge is 0.338 e. The highest BCUT2D eigenvalue weighted by atomic mass is 16.2. The number of nitrogens with zero attached hydrogens (tertiary/aromatic N) is 3. The average molecular weight is 280 g/mol. The van der Waals surface area contributed by atoms with Gasteiger partial charge in [0, 0.05) is 38.6 Å². The zero-order chi connectivity index (χ0) is 15.0. The van der Waals surface area contributed by atoms with Gasteiger partial charge in [-0.25, -0.2) is 9.78 Å². The van der Waals surface area contributed by atoms with E-state index in [9.17, 15) is 4.79 Å². The second-order valence-corrected chi connectivity index (χ2v) is 6.08. The van der Waals surface area contributed by atoms with E-state index in [0.29, 0.717) is 18.4 Å². The van der Waals surface area contributed by atoms with E-state index in [-0.39, 0.29) is 6.03 Å². The number of hydrogen-bond donors (Lipinski definition) is 1. The Balaban J connectivity index is 2.29. The van der Waals surface area contributed by atoms with Crippen molar-refractivity contribution in [3.63, 3.8) is 0 Å². The normalized spacial score (nSPS) is 11.1. The minimum Gasteiger partial charge on any atom is -0.338 e. The Labute approximate surface area is 122 Å². The molecule has 5 nitrogen and oxygen atoms in total. The summed E-state index contributed by atoms with van der Waals surface area (Å²) in [6.07, 6.45) is 6.42. The highest BCUT2D eigenvalue weighted by Gasteiger charge is 2.15. The van der Waals surface area contributed by atoms with Crippen molar-refractivity contribution < 1.29 is 4.79 Å². The molecule has 20 heavy (non-hydrogen) atoms. The van der Waals surface area contributed by atoms with Gasteiger partial charge in [-0.3, -0.25) is 0 Å². The number of imidazole rings is 1. The summed E-state index contributed by atoms with van der Waals surface area (Å²) >= 11 is 0. The van der Waals surface area contributed by atoms with Gasteiger partial charge in [0.25, 0.3) is 0 Å². The van der Waals surface area contributed by atoms with Crippen LogP contribution in [-0.2, 0) is 6.54 Å². The molecular formula is C15H28N4O. The van der Waals surface area contributed by atoms with E-state index in [1.54, 1.807) is 12.5 Å². The summed E-state index contributed by atoms with van der Waals surface area (Å²) in [5.74, 6) is 0.982. The molecule has 1 aromatic heterocycles. The van der Waals surface area contributed by atoms with Crippen LogP contribution in [0.5, 0.6) is 0 Å². The van der Waals surface area contributed by atoms with Crippen LogP contribution in [0.4, 0.5) is 4.79 Å². The van der Waals surface area contributed by atoms with Gasteiger partial charge in [0.05, 0.1) is 6.33 Å². The van der Waals surface area contributed by atoms with E-state index in [1.807, 2.05) is 15.7 Å². The number of hydrogen-bond acceptors (Lipinski definition) is 2. The standard InChI is InChI=1S/C15H28N4O/c1-13(2)10-19(11-14(3)4)15(20)17-6-5-8-18-9-7-16-12-18/h7,9,12-14H,5-6,8,10-11H2,1-4H3,(H,17,20). The maximum Gasteiger partial charge on any atom is 0.317 e. The van der Waals surface area contributed by atoms with E-state index in [1.165, 1.54) is 0 Å². The van der Waals surface area contributed by atoms with E-state index >= 15 is 0 Å². The summed E-state index contributed by atoms with van der Waals surface area (Å²) in [7, 11) is 0. The third kappa shape index (κ3) is 6.59. The molecule has 0 aliphatic rings. The summed E-state index contributed by atoms with van der Waals surface area (Å²) in [4.78, 5) is 18.1. The highest BCUT2D eigenvalue weighted by Crippen LogP contribution is 2.04. The molecule has 0 saturated carbocycles. The Kier molecular flexibility index (Phi) is 7.12. The molecule has 1 heterocycles. The van der Waals surface area contributed by atoms with Gasteiger partial charge >= 0.3 is 6.03 Å². The molecule has 0 saturated heterocycles. The zero-order valence-corrected chi connectivity index (χ0v) is 13.2. The number of aromatic nitrogens is 2. The lowest BCUT2D eigenvalue weighted by molar-refractivity contribution is 0.183. The lowest BCUT2D eigenvalue weighted by Gasteiger charge is -2.26. The molecule has 1 rings (SSSR count). The van der Waals surface area contributed by atoms with Crippen LogP contribution in [0.1, 0.15) is 34.1 Å². The zero-order valence-electron chi connectivity index (χ0n) is 13.2. The van der Waals surface area contributed by atoms with Crippen LogP contribution >= 0.6 is 0 Å². The molecule has 114 valence electrons. The van der Waals surface area contributed by atoms with E-state index in [2.05, 4.69) is 38.0 Å². The van der Waals surface area contributed by atoms with Crippen LogP contribution in [-0.4, -0.2) is 40.1 Å². The van der Waals surface area contributed by atoms with Gasteiger partial charge < -0.3 is 14.8 Å². The fraction of sp³-hybridized carbons (Fsp3) is 0.733. The molecule has 0 aromatic carbocycles. The Hall–Kier alpha value is -1.52. The SMILES string of the molecule is CC(C)CN(CC(C)C)C(=O)NCCCn1ccnc1. The Morgan fingerprint density at radius 2 is 1.90 bits per heavy atom. The summed E-state index contributed by atoms with van der Waals surface area (Å²) in [6, 6.07) is 0.0537. The maximum atomic E-state index is 12.2. The molecule has 1 aromatic rings. The number of urea groups is 1. The van der Waals surface area contributed by atoms with Gasteiger partial charge in [-0.05, 0) is 18.3 Å². The molecule has 0 aliphatic heterocycles. The topological polar surface area (TPSA) is 50.2 Å². The molecule has 0 unspecified atom stereocenters. The first-order valence-electron chi connectivity index (χ1n) is 7.47. The fourth-order valence-electron chi connectivity index (χ4n) is 2.11. The van der Waals surface area contributed by atoms with Gasteiger partial charge in [0.1, 0.15) is 0 Å². The predicted molar refractivity (Wildman–Crippen MR) is 81.5 cm³/mol. The first-order valence-corrected chi connectivity index (χ1v) is 7.47. The van der Waals surface area contributed by atoms with Crippen molar-refractivity contribution in [3.8, 4) is 0 Å². The summed E-state index contributed by atoms with van der Waals surface area (Å²) in [6.45, 7) is 11.8. The van der Waals surface area contributed by atoms with Gasteiger partial charge in [-0.15, -0.1) is 0 Å². The van der Waals surface area contributed by atoms with Crippen molar-refractivity contribution in [2.24, 2.45) is 11.8 Å². The maximum absolute atomic E-state index is 12.2. The Morgan fingerprint density at radius 1 is 1.25 bits per heavy atom. The van der Waals surface area contributed by atoms with Crippen LogP contribution < -0.4 is 5.32 Å². The van der Waals surface area contributed by atoms with Crippen molar-refractivity contribution in [2.75, 3.05) is 19.6 Å². The highest BCUT2D eigenvalue weighted by molar-refractivity contribution is 5.74. The van der Waals surface area contributed by atoms with Gasteiger partial charge in [-0.1, -0.05) is 27.7 Å². The number of rotatable bonds is 8. The smallest absolute Gasteiger partial charge is 0.317 e. The molecule has 0 radical (unpaired) electrons.